The van der Waals surface area contributed by atoms with E-state index in [9.17, 15) is 13.2 Å². The van der Waals surface area contributed by atoms with Crippen molar-refractivity contribution in [2.75, 3.05) is 13.4 Å². The molecule has 1 aromatic heterocycles. The van der Waals surface area contributed by atoms with Crippen LogP contribution in [0.3, 0.4) is 0 Å². The third-order valence-electron chi connectivity index (χ3n) is 2.92. The molecule has 4 N–H and O–H groups in total. The molecule has 0 radical (unpaired) electrons. The molecular weight excluding hydrogens is 322 g/mol. The predicted molar refractivity (Wildman–Crippen MR) is 83.4 cm³/mol. The lowest BCUT2D eigenvalue weighted by Gasteiger charge is -2.13. The first-order chi connectivity index (χ1) is 10.7. The smallest absolute Gasteiger partial charge is 0.283 e. The summed E-state index contributed by atoms with van der Waals surface area (Å²) in [5, 5.41) is 0. The van der Waals surface area contributed by atoms with E-state index in [2.05, 4.69) is 9.98 Å². The number of rotatable bonds is 4. The summed E-state index contributed by atoms with van der Waals surface area (Å²) in [5.74, 6) is -1.10. The second kappa shape index (κ2) is 6.08. The Morgan fingerprint density at radius 3 is 2.52 bits per heavy atom. The molecule has 0 aliphatic rings. The van der Waals surface area contributed by atoms with Gasteiger partial charge in [-0.1, -0.05) is 0 Å². The summed E-state index contributed by atoms with van der Waals surface area (Å²) in [6.45, 7) is 0. The van der Waals surface area contributed by atoms with Gasteiger partial charge in [0.05, 0.1) is 29.6 Å². The first-order valence-corrected chi connectivity index (χ1v) is 8.17. The average Bonchev–Trinajstić information content (AvgIpc) is 2.98. The molecule has 10 heteroatoms. The lowest BCUT2D eigenvalue weighted by molar-refractivity contribution is 0.0999. The highest BCUT2D eigenvalue weighted by molar-refractivity contribution is 7.90. The Bertz CT molecular complexity index is 868. The topological polar surface area (TPSA) is 143 Å². The maximum absolute atomic E-state index is 12.1. The molecule has 0 aliphatic carbocycles. The number of imidazole rings is 1. The van der Waals surface area contributed by atoms with Gasteiger partial charge in [0.25, 0.3) is 5.91 Å². The van der Waals surface area contributed by atoms with Gasteiger partial charge in [-0.3, -0.25) is 4.79 Å². The molecule has 0 spiro atoms. The van der Waals surface area contributed by atoms with Crippen LogP contribution in [0.1, 0.15) is 10.4 Å². The van der Waals surface area contributed by atoms with Crippen LogP contribution in [-0.4, -0.2) is 43.2 Å². The molecule has 0 saturated carbocycles. The molecule has 0 atom stereocenters. The van der Waals surface area contributed by atoms with Crippen molar-refractivity contribution in [3.8, 4) is 11.4 Å². The standard InChI is InChI=1S/C13H15N5O4S/c1-22-10-6-9(18-4-3-16-7-18)11(23(2,20)21)5-8(10)12(19)17-13(14)15/h3-7H,1-2H3,(H4,14,15,17,19). The van der Waals surface area contributed by atoms with E-state index in [0.29, 0.717) is 5.69 Å². The number of amides is 1. The summed E-state index contributed by atoms with van der Waals surface area (Å²) in [4.78, 5) is 19.3. The normalized spacial score (nSPS) is 11.0. The van der Waals surface area contributed by atoms with E-state index >= 15 is 0 Å². The number of aromatic nitrogens is 2. The monoisotopic (exact) mass is 337 g/mol. The minimum absolute atomic E-state index is 0.0646. The van der Waals surface area contributed by atoms with Crippen LogP contribution >= 0.6 is 0 Å². The Kier molecular flexibility index (Phi) is 4.36. The van der Waals surface area contributed by atoms with E-state index in [4.69, 9.17) is 16.2 Å². The molecule has 1 aromatic carbocycles. The maximum Gasteiger partial charge on any atom is 0.283 e. The lowest BCUT2D eigenvalue weighted by atomic mass is 10.1. The van der Waals surface area contributed by atoms with Gasteiger partial charge in [0.15, 0.2) is 15.8 Å². The first-order valence-electron chi connectivity index (χ1n) is 6.28. The zero-order chi connectivity index (χ0) is 17.2. The van der Waals surface area contributed by atoms with Crippen LogP contribution in [0.15, 0.2) is 40.7 Å². The summed E-state index contributed by atoms with van der Waals surface area (Å²) in [7, 11) is -2.29. The van der Waals surface area contributed by atoms with Gasteiger partial charge >= 0.3 is 0 Å². The third-order valence-corrected chi connectivity index (χ3v) is 4.05. The van der Waals surface area contributed by atoms with Crippen LogP contribution in [0.5, 0.6) is 5.75 Å². The minimum Gasteiger partial charge on any atom is -0.496 e. The Balaban J connectivity index is 2.77. The van der Waals surface area contributed by atoms with Crippen molar-refractivity contribution >= 4 is 21.7 Å². The summed E-state index contributed by atoms with van der Waals surface area (Å²) >= 11 is 0. The van der Waals surface area contributed by atoms with E-state index in [0.717, 1.165) is 6.26 Å². The highest BCUT2D eigenvalue weighted by atomic mass is 32.2. The van der Waals surface area contributed by atoms with Crippen molar-refractivity contribution in [3.63, 3.8) is 0 Å². The SMILES string of the molecule is COc1cc(-n2ccnc2)c(S(C)(=O)=O)cc1C(=O)N=C(N)N. The van der Waals surface area contributed by atoms with Gasteiger partial charge in [-0.05, 0) is 6.07 Å². The molecule has 23 heavy (non-hydrogen) atoms. The molecule has 1 amide bonds. The molecule has 0 bridgehead atoms. The summed E-state index contributed by atoms with van der Waals surface area (Å²) in [6.07, 6.45) is 5.53. The number of hydrogen-bond donors (Lipinski definition) is 2. The van der Waals surface area contributed by atoms with Gasteiger partial charge in [0, 0.05) is 24.7 Å². The van der Waals surface area contributed by atoms with Crippen LogP contribution < -0.4 is 16.2 Å². The summed E-state index contributed by atoms with van der Waals surface area (Å²) < 4.78 is 30.8. The highest BCUT2D eigenvalue weighted by Gasteiger charge is 2.22. The van der Waals surface area contributed by atoms with Crippen LogP contribution in [0.4, 0.5) is 0 Å². The average molecular weight is 337 g/mol. The second-order valence-corrected chi connectivity index (χ2v) is 6.59. The van der Waals surface area contributed by atoms with E-state index in [1.807, 2.05) is 0 Å². The highest BCUT2D eigenvalue weighted by Crippen LogP contribution is 2.30. The lowest BCUT2D eigenvalue weighted by Crippen LogP contribution is -2.24. The zero-order valence-corrected chi connectivity index (χ0v) is 13.2. The van der Waals surface area contributed by atoms with Crippen molar-refractivity contribution in [2.45, 2.75) is 4.90 Å². The van der Waals surface area contributed by atoms with E-state index in [1.54, 1.807) is 6.20 Å². The number of carbonyl (C=O) groups excluding carboxylic acids is 1. The number of sulfone groups is 1. The van der Waals surface area contributed by atoms with Crippen LogP contribution in [0.25, 0.3) is 5.69 Å². The number of aliphatic imine (C=N–C) groups is 1. The van der Waals surface area contributed by atoms with Crippen molar-refractivity contribution in [3.05, 3.63) is 36.4 Å². The molecule has 0 fully saturated rings. The van der Waals surface area contributed by atoms with Gasteiger partial charge in [-0.2, -0.15) is 4.99 Å². The molecule has 2 rings (SSSR count). The molecular formula is C13H15N5O4S. The molecule has 2 aromatic rings. The number of nitrogens with zero attached hydrogens (tertiary/aromatic N) is 3. The number of methoxy groups -OCH3 is 1. The van der Waals surface area contributed by atoms with Crippen LogP contribution in [0.2, 0.25) is 0 Å². The quantitative estimate of drug-likeness (QED) is 0.576. The van der Waals surface area contributed by atoms with Gasteiger partial charge in [0.2, 0.25) is 0 Å². The first kappa shape index (κ1) is 16.5. The van der Waals surface area contributed by atoms with Gasteiger partial charge in [0.1, 0.15) is 5.75 Å². The fourth-order valence-corrected chi connectivity index (χ4v) is 2.84. The van der Waals surface area contributed by atoms with E-state index < -0.39 is 21.7 Å². The number of hydrogen-bond acceptors (Lipinski definition) is 5. The minimum atomic E-state index is -3.64. The van der Waals surface area contributed by atoms with Gasteiger partial charge < -0.3 is 20.8 Å². The second-order valence-electron chi connectivity index (χ2n) is 4.60. The Morgan fingerprint density at radius 1 is 1.35 bits per heavy atom. The summed E-state index contributed by atoms with van der Waals surface area (Å²) in [6, 6.07) is 2.59. The van der Waals surface area contributed by atoms with Gasteiger partial charge in [-0.15, -0.1) is 0 Å². The molecule has 0 aliphatic heterocycles. The largest absolute Gasteiger partial charge is 0.496 e. The molecule has 9 nitrogen and oxygen atoms in total. The molecule has 1 heterocycles. The maximum atomic E-state index is 12.1. The molecule has 0 saturated heterocycles. The van der Waals surface area contributed by atoms with Crippen molar-refractivity contribution in [1.82, 2.24) is 9.55 Å². The van der Waals surface area contributed by atoms with E-state index in [-0.39, 0.29) is 16.2 Å². The Morgan fingerprint density at radius 2 is 2.04 bits per heavy atom. The third kappa shape index (κ3) is 3.48. The van der Waals surface area contributed by atoms with Crippen molar-refractivity contribution < 1.29 is 17.9 Å². The Hall–Kier alpha value is -2.88. The van der Waals surface area contributed by atoms with Crippen LogP contribution in [0, 0.1) is 0 Å². The number of benzene rings is 1. The molecule has 122 valence electrons. The zero-order valence-electron chi connectivity index (χ0n) is 12.4. The number of nitrogens with two attached hydrogens (primary N) is 2. The molecule has 0 unspecified atom stereocenters. The van der Waals surface area contributed by atoms with E-state index in [1.165, 1.54) is 36.3 Å². The fraction of sp³-hybridized carbons (Fsp3) is 0.154. The summed E-state index contributed by atoms with van der Waals surface area (Å²) in [5.41, 5.74) is 10.6. The number of guanidine groups is 1. The number of carbonyl (C=O) groups is 1. The fourth-order valence-electron chi connectivity index (χ4n) is 1.96. The van der Waals surface area contributed by atoms with Gasteiger partial charge in [-0.25, -0.2) is 13.4 Å². The van der Waals surface area contributed by atoms with Crippen LogP contribution in [-0.2, 0) is 9.84 Å². The predicted octanol–water partition coefficient (Wildman–Crippen LogP) is -0.302. The van der Waals surface area contributed by atoms with Crippen molar-refractivity contribution in [2.24, 2.45) is 16.5 Å². The number of ether oxygens (including phenoxy) is 1. The van der Waals surface area contributed by atoms with Crippen molar-refractivity contribution in [1.29, 1.82) is 0 Å². The Labute approximate surface area is 132 Å².